The van der Waals surface area contributed by atoms with Gasteiger partial charge in [0.25, 0.3) is 0 Å². The predicted molar refractivity (Wildman–Crippen MR) is 337 cm³/mol. The molecule has 28 aliphatic carbocycles. The van der Waals surface area contributed by atoms with E-state index in [2.05, 4.69) is 27.7 Å². The van der Waals surface area contributed by atoms with Crippen LogP contribution in [0.1, 0.15) is 249 Å². The second-order valence-corrected chi connectivity index (χ2v) is 38.9. The SMILES string of the molecule is CCC(C)(C)C(=O)OC12CC3C4CC5(O)CC3C(C1)C(C5)C4C2.CCC(C)(C)C(=O)OC12CC3C4CC5(O)CC3C(C1)C(C5)C4C2.CCC(C)C(=O)OC12CC3CC4C1CC1CC2C(C3)C4(O)C1.CCC(C)C(=O)OC12CC3CC4C1CC1CC2C(C3)C4(O)C1. The Morgan fingerprint density at radius 1 is 0.356 bits per heavy atom. The molecule has 500 valence electrons. The van der Waals surface area contributed by atoms with Crippen molar-refractivity contribution in [1.82, 2.24) is 0 Å². The first-order valence-corrected chi connectivity index (χ1v) is 38.3. The minimum absolute atomic E-state index is 0.00588. The van der Waals surface area contributed by atoms with E-state index in [1.165, 1.54) is 51.4 Å². The van der Waals surface area contributed by atoms with Crippen molar-refractivity contribution >= 4 is 23.9 Å². The van der Waals surface area contributed by atoms with Crippen molar-refractivity contribution < 1.29 is 58.6 Å². The summed E-state index contributed by atoms with van der Waals surface area (Å²) in [5.41, 5.74) is -3.01. The lowest BCUT2D eigenvalue weighted by Gasteiger charge is -2.75. The first-order valence-electron chi connectivity index (χ1n) is 38.3. The van der Waals surface area contributed by atoms with E-state index in [9.17, 15) is 39.6 Å². The van der Waals surface area contributed by atoms with Gasteiger partial charge in [0.2, 0.25) is 0 Å². The lowest BCUT2D eigenvalue weighted by molar-refractivity contribution is -0.344. The monoisotopic (exact) mass is 1240 g/mol. The molecule has 10 unspecified atom stereocenters. The molecule has 0 aromatic carbocycles. The van der Waals surface area contributed by atoms with Crippen molar-refractivity contribution in [2.45, 2.75) is 294 Å². The van der Waals surface area contributed by atoms with Gasteiger partial charge >= 0.3 is 23.9 Å². The molecule has 0 amide bonds. The Hall–Kier alpha value is -2.28. The largest absolute Gasteiger partial charge is 0.459 e. The summed E-state index contributed by atoms with van der Waals surface area (Å²) in [6.45, 7) is 20.3. The van der Waals surface area contributed by atoms with E-state index in [0.717, 1.165) is 128 Å². The molecule has 0 aliphatic heterocycles. The van der Waals surface area contributed by atoms with Crippen molar-refractivity contribution in [2.24, 2.45) is 165 Å². The molecule has 0 saturated heterocycles. The normalized spacial score (nSPS) is 56.8. The fraction of sp³-hybridized carbons (Fsp3) is 0.949. The van der Waals surface area contributed by atoms with Gasteiger partial charge in [-0.1, -0.05) is 41.5 Å². The van der Waals surface area contributed by atoms with Crippen molar-refractivity contribution in [3.63, 3.8) is 0 Å². The van der Waals surface area contributed by atoms with E-state index < -0.39 is 11.2 Å². The molecular formula is C78H116O12. The van der Waals surface area contributed by atoms with Gasteiger partial charge in [0, 0.05) is 23.7 Å². The van der Waals surface area contributed by atoms with Gasteiger partial charge in [-0.2, -0.15) is 0 Å². The molecule has 28 fully saturated rings. The smallest absolute Gasteiger partial charge is 0.312 e. The minimum atomic E-state index is -0.417. The number of hydrogen-bond donors (Lipinski definition) is 4. The van der Waals surface area contributed by atoms with Gasteiger partial charge in [-0.05, 0) is 326 Å². The van der Waals surface area contributed by atoms with E-state index in [4.69, 9.17) is 18.9 Å². The quantitative estimate of drug-likeness (QED) is 0.107. The molecule has 12 heteroatoms. The van der Waals surface area contributed by atoms with Crippen LogP contribution < -0.4 is 0 Å². The fourth-order valence-corrected chi connectivity index (χ4v) is 29.9. The maximum absolute atomic E-state index is 12.7. The second kappa shape index (κ2) is 19.7. The number of rotatable bonds is 12. The highest BCUT2D eigenvalue weighted by Gasteiger charge is 2.79. The molecule has 28 rings (SSSR count). The van der Waals surface area contributed by atoms with E-state index in [0.29, 0.717) is 142 Å². The summed E-state index contributed by atoms with van der Waals surface area (Å²) in [6.07, 6.45) is 29.6. The molecule has 32 bridgehead atoms. The first-order chi connectivity index (χ1) is 42.5. The Balaban J connectivity index is 0.0000000925. The maximum Gasteiger partial charge on any atom is 0.312 e. The van der Waals surface area contributed by atoms with Gasteiger partial charge in [-0.25, -0.2) is 0 Å². The highest BCUT2D eigenvalue weighted by Crippen LogP contribution is 2.79. The number of aliphatic hydroxyl groups is 4. The first kappa shape index (κ1) is 61.3. The van der Waals surface area contributed by atoms with Crippen molar-refractivity contribution in [3.8, 4) is 0 Å². The van der Waals surface area contributed by atoms with Gasteiger partial charge in [-0.3, -0.25) is 19.2 Å². The Labute approximate surface area is 538 Å². The maximum atomic E-state index is 12.7. The molecule has 0 aromatic rings. The number of ether oxygens (including phenoxy) is 4. The van der Waals surface area contributed by atoms with E-state index in [1.807, 2.05) is 41.5 Å². The van der Waals surface area contributed by atoms with Gasteiger partial charge in [0.15, 0.2) is 0 Å². The van der Waals surface area contributed by atoms with Gasteiger partial charge < -0.3 is 39.4 Å². The Morgan fingerprint density at radius 2 is 0.589 bits per heavy atom. The van der Waals surface area contributed by atoms with Crippen LogP contribution in [0, 0.1) is 165 Å². The summed E-state index contributed by atoms with van der Waals surface area (Å²) in [5, 5.41) is 44.5. The zero-order valence-electron chi connectivity index (χ0n) is 56.9. The van der Waals surface area contributed by atoms with Crippen LogP contribution in [0.3, 0.4) is 0 Å². The number of esters is 4. The number of hydrogen-bond acceptors (Lipinski definition) is 12. The molecule has 0 heterocycles. The van der Waals surface area contributed by atoms with E-state index in [1.54, 1.807) is 0 Å². The van der Waals surface area contributed by atoms with Crippen LogP contribution in [0.25, 0.3) is 0 Å². The van der Waals surface area contributed by atoms with Crippen LogP contribution in [0.4, 0.5) is 0 Å². The topological polar surface area (TPSA) is 186 Å². The molecule has 10 atom stereocenters. The molecular weight excluding hydrogens is 1130 g/mol. The molecule has 4 N–H and O–H groups in total. The Kier molecular flexibility index (Phi) is 13.4. The van der Waals surface area contributed by atoms with Crippen LogP contribution in [-0.4, -0.2) is 89.1 Å². The van der Waals surface area contributed by atoms with Gasteiger partial charge in [0.1, 0.15) is 22.4 Å². The van der Waals surface area contributed by atoms with E-state index >= 15 is 0 Å². The lowest BCUT2D eigenvalue weighted by Crippen LogP contribution is -2.78. The highest BCUT2D eigenvalue weighted by atomic mass is 16.6. The highest BCUT2D eigenvalue weighted by molar-refractivity contribution is 5.77. The van der Waals surface area contributed by atoms with Gasteiger partial charge in [-0.15, -0.1) is 0 Å². The summed E-state index contributed by atoms with van der Waals surface area (Å²) < 4.78 is 25.2. The van der Waals surface area contributed by atoms with Crippen LogP contribution in [0.15, 0.2) is 0 Å². The van der Waals surface area contributed by atoms with Crippen molar-refractivity contribution in [3.05, 3.63) is 0 Å². The summed E-state index contributed by atoms with van der Waals surface area (Å²) in [7, 11) is 0. The molecule has 0 aromatic heterocycles. The van der Waals surface area contributed by atoms with Gasteiger partial charge in [0.05, 0.1) is 45.1 Å². The molecule has 28 saturated carbocycles. The van der Waals surface area contributed by atoms with Crippen molar-refractivity contribution in [1.29, 1.82) is 0 Å². The molecule has 0 radical (unpaired) electrons. The Morgan fingerprint density at radius 3 is 0.833 bits per heavy atom. The third kappa shape index (κ3) is 8.33. The average molecular weight is 1250 g/mol. The van der Waals surface area contributed by atoms with Crippen LogP contribution in [0.2, 0.25) is 0 Å². The Bertz CT molecular complexity index is 2590. The zero-order chi connectivity index (χ0) is 62.9. The average Bonchev–Trinajstić information content (AvgIpc) is 0.731. The molecule has 90 heavy (non-hydrogen) atoms. The summed E-state index contributed by atoms with van der Waals surface area (Å²) in [4.78, 5) is 50.6. The predicted octanol–water partition coefficient (Wildman–Crippen LogP) is 13.4. The third-order valence-corrected chi connectivity index (χ3v) is 34.2. The minimum Gasteiger partial charge on any atom is -0.459 e. The summed E-state index contributed by atoms with van der Waals surface area (Å²) in [6, 6.07) is 0. The summed E-state index contributed by atoms with van der Waals surface area (Å²) >= 11 is 0. The van der Waals surface area contributed by atoms with Crippen LogP contribution in [-0.2, 0) is 38.1 Å². The standard InChI is InChI=1S/2C20H30O3.2C19H28O3/c2*1-4-18(2,3)17(21)23-20-8-14-11-5-19(22)6-12(14)16(10-20)13(7-19)15(11)9-20;2*1-3-10(2)17(20)22-19-9-12-4-13-15(19)6-11-7-16(19)14(5-12)18(13,21)8-11/h2*11-16,22H,4-10H2,1-3H3;2*10-16,21H,3-9H2,1-2H3. The van der Waals surface area contributed by atoms with Crippen LogP contribution in [0.5, 0.6) is 0 Å². The molecule has 28 aliphatic rings. The second-order valence-electron chi connectivity index (χ2n) is 38.9. The van der Waals surface area contributed by atoms with E-state index in [-0.39, 0.29) is 80.1 Å². The zero-order valence-corrected chi connectivity index (χ0v) is 56.9. The summed E-state index contributed by atoms with van der Waals surface area (Å²) in [5.74, 6) is 14.7. The number of carbonyl (C=O) groups excluding carboxylic acids is 4. The van der Waals surface area contributed by atoms with Crippen molar-refractivity contribution in [2.75, 3.05) is 0 Å². The third-order valence-electron chi connectivity index (χ3n) is 34.2. The fourth-order valence-electron chi connectivity index (χ4n) is 29.9. The number of carbonyl (C=O) groups is 4. The van der Waals surface area contributed by atoms with Crippen LogP contribution >= 0.6 is 0 Å². The molecule has 0 spiro atoms. The lowest BCUT2D eigenvalue weighted by atomic mass is 9.32. The molecule has 12 nitrogen and oxygen atoms in total.